The molecule has 0 spiro atoms. The fourth-order valence-electron chi connectivity index (χ4n) is 3.88. The number of amides is 1. The number of carboxylic acid groups (broad SMARTS) is 1. The summed E-state index contributed by atoms with van der Waals surface area (Å²) in [6.45, 7) is 0.159. The Balaban J connectivity index is 1.45. The number of hydrogen-bond acceptors (Lipinski definition) is 4. The number of benzene rings is 4. The normalized spacial score (nSPS) is 12.8. The van der Waals surface area contributed by atoms with Crippen LogP contribution in [0.5, 0.6) is 0 Å². The second-order valence-corrected chi connectivity index (χ2v) is 9.75. The van der Waals surface area contributed by atoms with E-state index in [0.717, 1.165) is 26.8 Å². The van der Waals surface area contributed by atoms with Crippen LogP contribution in [0.4, 0.5) is 4.79 Å². The molecular formula is C31H29NO4S. The second kappa shape index (κ2) is 13.3. The minimum atomic E-state index is -0.910. The molecule has 0 aliphatic rings. The van der Waals surface area contributed by atoms with Crippen LogP contribution >= 0.6 is 11.8 Å². The lowest BCUT2D eigenvalue weighted by molar-refractivity contribution is -0.140. The topological polar surface area (TPSA) is 75.6 Å². The summed E-state index contributed by atoms with van der Waals surface area (Å²) in [4.78, 5) is 25.6. The van der Waals surface area contributed by atoms with Gasteiger partial charge in [-0.05, 0) is 40.5 Å². The number of alkyl carbamates (subject to hydrolysis) is 1. The fourth-order valence-corrected chi connectivity index (χ4v) is 4.82. The average molecular weight is 512 g/mol. The highest BCUT2D eigenvalue weighted by atomic mass is 32.2. The van der Waals surface area contributed by atoms with E-state index in [1.54, 1.807) is 23.9 Å². The van der Waals surface area contributed by atoms with Gasteiger partial charge in [0.1, 0.15) is 6.61 Å². The van der Waals surface area contributed by atoms with E-state index in [2.05, 4.69) is 35.6 Å². The maximum Gasteiger partial charge on any atom is 0.407 e. The number of thioether (sulfide) groups is 1. The summed E-state index contributed by atoms with van der Waals surface area (Å²) in [5.41, 5.74) is 1.83. The summed E-state index contributed by atoms with van der Waals surface area (Å²) < 4.78 is 5.41. The zero-order chi connectivity index (χ0) is 25.9. The molecule has 0 saturated heterocycles. The van der Waals surface area contributed by atoms with Crippen molar-refractivity contribution in [1.29, 1.82) is 0 Å². The van der Waals surface area contributed by atoms with Gasteiger partial charge in [-0.15, -0.1) is 11.8 Å². The highest BCUT2D eigenvalue weighted by Gasteiger charge is 2.17. The molecule has 0 radical (unpaired) electrons. The Morgan fingerprint density at radius 3 is 2.16 bits per heavy atom. The minimum Gasteiger partial charge on any atom is -0.481 e. The quantitative estimate of drug-likeness (QED) is 0.173. The van der Waals surface area contributed by atoms with E-state index in [1.165, 1.54) is 0 Å². The Morgan fingerprint density at radius 2 is 1.46 bits per heavy atom. The molecule has 0 aliphatic carbocycles. The largest absolute Gasteiger partial charge is 0.481 e. The average Bonchev–Trinajstić information content (AvgIpc) is 2.93. The van der Waals surface area contributed by atoms with Crippen molar-refractivity contribution in [3.05, 3.63) is 126 Å². The van der Waals surface area contributed by atoms with Crippen molar-refractivity contribution < 1.29 is 19.4 Å². The molecule has 2 atom stereocenters. The van der Waals surface area contributed by atoms with Crippen LogP contribution in [0.15, 0.2) is 120 Å². The van der Waals surface area contributed by atoms with Crippen LogP contribution < -0.4 is 5.32 Å². The fraction of sp³-hybridized carbons (Fsp3) is 0.161. The van der Waals surface area contributed by atoms with Crippen LogP contribution in [-0.2, 0) is 22.6 Å². The molecule has 0 unspecified atom stereocenters. The third-order valence-corrected chi connectivity index (χ3v) is 6.97. The van der Waals surface area contributed by atoms with Gasteiger partial charge in [-0.25, -0.2) is 4.79 Å². The first-order valence-corrected chi connectivity index (χ1v) is 13.1. The molecule has 0 fully saturated rings. The van der Waals surface area contributed by atoms with Crippen LogP contribution in [0.2, 0.25) is 0 Å². The number of rotatable bonds is 11. The van der Waals surface area contributed by atoms with Crippen LogP contribution in [0.1, 0.15) is 11.1 Å². The third-order valence-electron chi connectivity index (χ3n) is 5.86. The van der Waals surface area contributed by atoms with Gasteiger partial charge in [0, 0.05) is 10.6 Å². The van der Waals surface area contributed by atoms with E-state index in [1.807, 2.05) is 72.8 Å². The van der Waals surface area contributed by atoms with E-state index >= 15 is 0 Å². The highest BCUT2D eigenvalue weighted by molar-refractivity contribution is 7.99. The zero-order valence-electron chi connectivity index (χ0n) is 20.3. The van der Waals surface area contributed by atoms with Crippen LogP contribution in [0.3, 0.4) is 0 Å². The number of carboxylic acids is 1. The number of aliphatic carboxylic acids is 1. The van der Waals surface area contributed by atoms with Crippen molar-refractivity contribution in [2.75, 3.05) is 5.75 Å². The lowest BCUT2D eigenvalue weighted by Gasteiger charge is -2.16. The van der Waals surface area contributed by atoms with Crippen molar-refractivity contribution in [2.45, 2.75) is 24.0 Å². The van der Waals surface area contributed by atoms with Gasteiger partial charge >= 0.3 is 12.1 Å². The Morgan fingerprint density at radius 1 is 0.811 bits per heavy atom. The summed E-state index contributed by atoms with van der Waals surface area (Å²) in [5.74, 6) is -1.10. The first-order chi connectivity index (χ1) is 18.1. The maximum absolute atomic E-state index is 12.6. The Labute approximate surface area is 221 Å². The van der Waals surface area contributed by atoms with Crippen LogP contribution in [-0.4, -0.2) is 29.0 Å². The minimum absolute atomic E-state index is 0.159. The monoisotopic (exact) mass is 511 g/mol. The van der Waals surface area contributed by atoms with Crippen molar-refractivity contribution in [3.63, 3.8) is 0 Å². The number of nitrogens with one attached hydrogen (secondary N) is 1. The molecule has 5 nitrogen and oxygen atoms in total. The smallest absolute Gasteiger partial charge is 0.407 e. The van der Waals surface area contributed by atoms with Gasteiger partial charge < -0.3 is 15.2 Å². The molecule has 0 bridgehead atoms. The van der Waals surface area contributed by atoms with Gasteiger partial charge in [-0.2, -0.15) is 0 Å². The molecule has 4 aromatic carbocycles. The lowest BCUT2D eigenvalue weighted by Crippen LogP contribution is -2.36. The van der Waals surface area contributed by atoms with Crippen LogP contribution in [0.25, 0.3) is 10.8 Å². The Hall–Kier alpha value is -4.03. The van der Waals surface area contributed by atoms with Gasteiger partial charge in [0.15, 0.2) is 0 Å². The molecule has 2 N–H and O–H groups in total. The van der Waals surface area contributed by atoms with Crippen molar-refractivity contribution in [1.82, 2.24) is 5.32 Å². The van der Waals surface area contributed by atoms with E-state index in [0.29, 0.717) is 12.2 Å². The van der Waals surface area contributed by atoms with Gasteiger partial charge in [0.25, 0.3) is 0 Å². The lowest BCUT2D eigenvalue weighted by atomic mass is 9.98. The predicted octanol–water partition coefficient (Wildman–Crippen LogP) is 6.73. The predicted molar refractivity (Wildman–Crippen MR) is 149 cm³/mol. The molecule has 0 aliphatic heterocycles. The highest BCUT2D eigenvalue weighted by Crippen LogP contribution is 2.24. The second-order valence-electron chi connectivity index (χ2n) is 8.65. The number of carbonyl (C=O) groups excluding carboxylic acids is 1. The number of ether oxygens (including phenoxy) is 1. The van der Waals surface area contributed by atoms with E-state index in [9.17, 15) is 14.7 Å². The molecule has 1 amide bonds. The Kier molecular flexibility index (Phi) is 9.38. The third kappa shape index (κ3) is 8.26. The SMILES string of the molecule is O=C(N[C@@H](/C=C/[C@@H](Cc1ccccc1)C(=O)O)CSc1ccc2ccccc2c1)OCc1ccccc1. The van der Waals surface area contributed by atoms with Crippen LogP contribution in [0, 0.1) is 5.92 Å². The summed E-state index contributed by atoms with van der Waals surface area (Å²) in [5, 5.41) is 15.0. The van der Waals surface area contributed by atoms with Crippen molar-refractivity contribution in [2.24, 2.45) is 5.92 Å². The molecule has 0 aromatic heterocycles. The molecule has 0 heterocycles. The van der Waals surface area contributed by atoms with Crippen molar-refractivity contribution in [3.8, 4) is 0 Å². The van der Waals surface area contributed by atoms with Gasteiger partial charge in [0.05, 0.1) is 12.0 Å². The number of carbonyl (C=O) groups is 2. The number of hydrogen-bond donors (Lipinski definition) is 2. The van der Waals surface area contributed by atoms with Gasteiger partial charge in [-0.3, -0.25) is 4.79 Å². The van der Waals surface area contributed by atoms with E-state index in [-0.39, 0.29) is 6.61 Å². The summed E-state index contributed by atoms with van der Waals surface area (Å²) in [6.07, 6.45) is 3.25. The summed E-state index contributed by atoms with van der Waals surface area (Å²) in [6, 6.07) is 33.0. The van der Waals surface area contributed by atoms with E-state index < -0.39 is 24.0 Å². The zero-order valence-corrected chi connectivity index (χ0v) is 21.1. The molecular weight excluding hydrogens is 482 g/mol. The molecule has 6 heteroatoms. The summed E-state index contributed by atoms with van der Waals surface area (Å²) in [7, 11) is 0. The van der Waals surface area contributed by atoms with Gasteiger partial charge in [-0.1, -0.05) is 103 Å². The first-order valence-electron chi connectivity index (χ1n) is 12.1. The van der Waals surface area contributed by atoms with Gasteiger partial charge in [0.2, 0.25) is 0 Å². The molecule has 4 aromatic rings. The van der Waals surface area contributed by atoms with Crippen molar-refractivity contribution >= 4 is 34.6 Å². The van der Waals surface area contributed by atoms with E-state index in [4.69, 9.17) is 4.74 Å². The Bertz CT molecular complexity index is 1340. The summed E-state index contributed by atoms with van der Waals surface area (Å²) >= 11 is 1.59. The molecule has 4 rings (SSSR count). The number of fused-ring (bicyclic) bond motifs is 1. The standard InChI is InChI=1S/C31H29NO4S/c33-30(34)27(19-23-9-3-1-4-10-23)15-17-28(32-31(35)36-21-24-11-5-2-6-12-24)22-37-29-18-16-25-13-7-8-14-26(25)20-29/h1-18,20,27-28H,19,21-22H2,(H,32,35)(H,33,34)/b17-15+/t27-,28-/m0/s1. The maximum atomic E-state index is 12.6. The first kappa shape index (κ1) is 26.0. The molecule has 0 saturated carbocycles. The molecule has 37 heavy (non-hydrogen) atoms. The molecule has 188 valence electrons.